The number of ether oxygens (including phenoxy) is 1. The number of carbonyl (C=O) groups is 1. The summed E-state index contributed by atoms with van der Waals surface area (Å²) in [4.78, 5) is 27.3. The lowest BCUT2D eigenvalue weighted by Crippen LogP contribution is -2.37. The average Bonchev–Trinajstić information content (AvgIpc) is 2.49. The first-order valence-corrected chi connectivity index (χ1v) is 6.67. The molecule has 1 heterocycles. The Morgan fingerprint density at radius 1 is 1.35 bits per heavy atom. The lowest BCUT2D eigenvalue weighted by atomic mass is 10.2. The highest BCUT2D eigenvalue weighted by Crippen LogP contribution is 2.26. The Kier molecular flexibility index (Phi) is 4.99. The van der Waals surface area contributed by atoms with Gasteiger partial charge in [-0.1, -0.05) is 12.1 Å². The Morgan fingerprint density at radius 2 is 2.04 bits per heavy atom. The molecule has 9 heteroatoms. The molecule has 0 bridgehead atoms. The van der Waals surface area contributed by atoms with E-state index >= 15 is 0 Å². The summed E-state index contributed by atoms with van der Waals surface area (Å²) >= 11 is 0. The summed E-state index contributed by atoms with van der Waals surface area (Å²) in [7, 11) is 1.45. The van der Waals surface area contributed by atoms with Crippen LogP contribution in [0, 0.1) is 0 Å². The largest absolute Gasteiger partial charge is 0.438 e. The van der Waals surface area contributed by atoms with Crippen molar-refractivity contribution in [3.63, 3.8) is 0 Å². The molecule has 0 radical (unpaired) electrons. The second-order valence-corrected chi connectivity index (χ2v) is 4.68. The highest BCUT2D eigenvalue weighted by molar-refractivity contribution is 5.80. The van der Waals surface area contributed by atoms with Crippen LogP contribution in [0.4, 0.5) is 13.2 Å². The van der Waals surface area contributed by atoms with Gasteiger partial charge in [0.15, 0.2) is 0 Å². The molecule has 2 aromatic rings. The van der Waals surface area contributed by atoms with Crippen LogP contribution in [0.15, 0.2) is 29.1 Å². The molecule has 2 rings (SSSR count). The van der Waals surface area contributed by atoms with Crippen LogP contribution >= 0.6 is 0 Å². The van der Waals surface area contributed by atoms with E-state index < -0.39 is 29.9 Å². The number of methoxy groups -OCH3 is 1. The van der Waals surface area contributed by atoms with E-state index in [1.54, 1.807) is 6.07 Å². The number of amides is 1. The van der Waals surface area contributed by atoms with Crippen LogP contribution in [0.2, 0.25) is 0 Å². The van der Waals surface area contributed by atoms with Crippen molar-refractivity contribution in [2.24, 2.45) is 0 Å². The maximum absolute atomic E-state index is 12.9. The number of nitrogens with one attached hydrogen (secondary N) is 1. The Balaban J connectivity index is 2.46. The van der Waals surface area contributed by atoms with E-state index in [1.165, 1.54) is 25.3 Å². The van der Waals surface area contributed by atoms with E-state index in [-0.39, 0.29) is 24.2 Å². The van der Waals surface area contributed by atoms with Crippen molar-refractivity contribution in [1.29, 1.82) is 0 Å². The van der Waals surface area contributed by atoms with Crippen LogP contribution < -0.4 is 10.9 Å². The number of fused-ring (bicyclic) bond motifs is 1. The van der Waals surface area contributed by atoms with Crippen LogP contribution in [0.3, 0.4) is 0 Å². The Labute approximate surface area is 128 Å². The lowest BCUT2D eigenvalue weighted by Gasteiger charge is -2.13. The summed E-state index contributed by atoms with van der Waals surface area (Å²) in [5.41, 5.74) is -2.74. The minimum absolute atomic E-state index is 0.0101. The number of rotatable bonds is 5. The van der Waals surface area contributed by atoms with Crippen molar-refractivity contribution in [2.75, 3.05) is 20.3 Å². The summed E-state index contributed by atoms with van der Waals surface area (Å²) in [6.45, 7) is -0.0839. The number of halogens is 3. The van der Waals surface area contributed by atoms with Crippen LogP contribution in [0.5, 0.6) is 0 Å². The zero-order chi connectivity index (χ0) is 17.0. The molecule has 0 saturated heterocycles. The van der Waals surface area contributed by atoms with Crippen LogP contribution in [-0.4, -0.2) is 35.7 Å². The Bertz CT molecular complexity index is 771. The second-order valence-electron chi connectivity index (χ2n) is 4.68. The first kappa shape index (κ1) is 16.9. The molecular weight excluding hydrogens is 315 g/mol. The quantitative estimate of drug-likeness (QED) is 0.836. The molecule has 1 amide bonds. The summed E-state index contributed by atoms with van der Waals surface area (Å²) in [6.07, 6.45) is -4.89. The second kappa shape index (κ2) is 6.78. The van der Waals surface area contributed by atoms with E-state index in [9.17, 15) is 22.8 Å². The number of carbonyl (C=O) groups excluding carboxylic acids is 1. The summed E-state index contributed by atoms with van der Waals surface area (Å²) in [5, 5.41) is 2.46. The monoisotopic (exact) mass is 329 g/mol. The van der Waals surface area contributed by atoms with E-state index in [4.69, 9.17) is 4.74 Å². The van der Waals surface area contributed by atoms with E-state index in [2.05, 4.69) is 10.3 Å². The number of benzene rings is 1. The molecule has 1 aromatic heterocycles. The fourth-order valence-corrected chi connectivity index (χ4v) is 2.03. The zero-order valence-electron chi connectivity index (χ0n) is 12.2. The number of nitrogens with zero attached hydrogens (tertiary/aromatic N) is 2. The van der Waals surface area contributed by atoms with Gasteiger partial charge in [0.25, 0.3) is 5.56 Å². The van der Waals surface area contributed by atoms with Crippen LogP contribution in [-0.2, 0) is 22.3 Å². The molecule has 1 N–H and O–H groups in total. The SMILES string of the molecule is COCCNC(=O)Cn1c(=O)c(C(F)(F)F)nc2ccccc21. The third-order valence-electron chi connectivity index (χ3n) is 3.05. The standard InChI is InChI=1S/C14H14F3N3O3/c1-23-7-6-18-11(21)8-20-10-5-3-2-4-9(10)19-12(13(20)22)14(15,16)17/h2-5H,6-8H2,1H3,(H,18,21). The van der Waals surface area contributed by atoms with Crippen LogP contribution in [0.25, 0.3) is 11.0 Å². The van der Waals surface area contributed by atoms with Gasteiger partial charge in [-0.05, 0) is 12.1 Å². The molecule has 0 saturated carbocycles. The molecule has 1 aromatic carbocycles. The van der Waals surface area contributed by atoms with Gasteiger partial charge in [0.2, 0.25) is 11.6 Å². The molecule has 0 atom stereocenters. The number of hydrogen-bond acceptors (Lipinski definition) is 4. The average molecular weight is 329 g/mol. The van der Waals surface area contributed by atoms with Crippen LogP contribution in [0.1, 0.15) is 5.69 Å². The molecular formula is C14H14F3N3O3. The molecule has 0 fully saturated rings. The van der Waals surface area contributed by atoms with Crippen molar-refractivity contribution in [2.45, 2.75) is 12.7 Å². The fraction of sp³-hybridized carbons (Fsp3) is 0.357. The molecule has 6 nitrogen and oxygen atoms in total. The number of aromatic nitrogens is 2. The first-order valence-electron chi connectivity index (χ1n) is 6.67. The highest BCUT2D eigenvalue weighted by atomic mass is 19.4. The van der Waals surface area contributed by atoms with Crippen molar-refractivity contribution in [1.82, 2.24) is 14.9 Å². The smallest absolute Gasteiger partial charge is 0.383 e. The van der Waals surface area contributed by atoms with Gasteiger partial charge in [0.1, 0.15) is 6.54 Å². The maximum atomic E-state index is 12.9. The van der Waals surface area contributed by atoms with E-state index in [1.807, 2.05) is 0 Å². The molecule has 0 unspecified atom stereocenters. The van der Waals surface area contributed by atoms with Crippen molar-refractivity contribution in [3.05, 3.63) is 40.3 Å². The topological polar surface area (TPSA) is 73.2 Å². The molecule has 0 aliphatic carbocycles. The molecule has 23 heavy (non-hydrogen) atoms. The van der Waals surface area contributed by atoms with Crippen molar-refractivity contribution in [3.8, 4) is 0 Å². The Hall–Kier alpha value is -2.42. The fourth-order valence-electron chi connectivity index (χ4n) is 2.03. The number of alkyl halides is 3. The summed E-state index contributed by atoms with van der Waals surface area (Å²) in [5.74, 6) is -0.589. The van der Waals surface area contributed by atoms with Crippen molar-refractivity contribution >= 4 is 16.9 Å². The minimum Gasteiger partial charge on any atom is -0.383 e. The zero-order valence-corrected chi connectivity index (χ0v) is 12.2. The van der Waals surface area contributed by atoms with E-state index in [0.29, 0.717) is 0 Å². The van der Waals surface area contributed by atoms with Gasteiger partial charge in [0, 0.05) is 13.7 Å². The van der Waals surface area contributed by atoms with Gasteiger partial charge in [-0.3, -0.25) is 14.2 Å². The van der Waals surface area contributed by atoms with E-state index in [0.717, 1.165) is 4.57 Å². The minimum atomic E-state index is -4.89. The third kappa shape index (κ3) is 3.86. The summed E-state index contributed by atoms with van der Waals surface area (Å²) < 4.78 is 44.4. The first-order chi connectivity index (χ1) is 10.8. The van der Waals surface area contributed by atoms with Gasteiger partial charge < -0.3 is 10.1 Å². The number of hydrogen-bond donors (Lipinski definition) is 1. The normalized spacial score (nSPS) is 11.7. The van der Waals surface area contributed by atoms with Gasteiger partial charge >= 0.3 is 6.18 Å². The summed E-state index contributed by atoms with van der Waals surface area (Å²) in [6, 6.07) is 5.84. The molecule has 0 spiro atoms. The lowest BCUT2D eigenvalue weighted by molar-refractivity contribution is -0.142. The number of para-hydroxylation sites is 2. The van der Waals surface area contributed by atoms with Crippen molar-refractivity contribution < 1.29 is 22.7 Å². The molecule has 0 aliphatic heterocycles. The van der Waals surface area contributed by atoms with Gasteiger partial charge in [0.05, 0.1) is 17.6 Å². The molecule has 0 aliphatic rings. The Morgan fingerprint density at radius 3 is 2.70 bits per heavy atom. The van der Waals surface area contributed by atoms with Gasteiger partial charge in [-0.15, -0.1) is 0 Å². The third-order valence-corrected chi connectivity index (χ3v) is 3.05. The highest BCUT2D eigenvalue weighted by Gasteiger charge is 2.37. The van der Waals surface area contributed by atoms with Gasteiger partial charge in [-0.2, -0.15) is 13.2 Å². The molecule has 124 valence electrons. The maximum Gasteiger partial charge on any atom is 0.438 e. The predicted octanol–water partition coefficient (Wildman–Crippen LogP) is 1.18. The van der Waals surface area contributed by atoms with Gasteiger partial charge in [-0.25, -0.2) is 4.98 Å². The predicted molar refractivity (Wildman–Crippen MR) is 75.9 cm³/mol.